The summed E-state index contributed by atoms with van der Waals surface area (Å²) in [5.41, 5.74) is 1.61. The van der Waals surface area contributed by atoms with Gasteiger partial charge in [-0.05, 0) is 43.7 Å². The lowest BCUT2D eigenvalue weighted by molar-refractivity contribution is -0.139. The fraction of sp³-hybridized carbons (Fsp3) is 0.333. The second-order valence-electron chi connectivity index (χ2n) is 6.73. The molecule has 1 aliphatic carbocycles. The van der Waals surface area contributed by atoms with Gasteiger partial charge in [-0.1, -0.05) is 43.3 Å². The van der Waals surface area contributed by atoms with Crippen LogP contribution in [0.1, 0.15) is 19.8 Å². The van der Waals surface area contributed by atoms with E-state index in [0.29, 0.717) is 6.54 Å². The molecule has 6 heteroatoms. The van der Waals surface area contributed by atoms with Crippen LogP contribution in [-0.4, -0.2) is 47.2 Å². The SMILES string of the molecule is CCN(CC(=O)O)C1CC(NC(=O)N(c2ccccc2)c2ccccc2)C1. The Morgan fingerprint density at radius 3 is 1.96 bits per heavy atom. The first kappa shape index (κ1) is 18.9. The van der Waals surface area contributed by atoms with Gasteiger partial charge in [0.15, 0.2) is 0 Å². The summed E-state index contributed by atoms with van der Waals surface area (Å²) in [6.45, 7) is 2.70. The number of nitrogens with one attached hydrogen (secondary N) is 1. The summed E-state index contributed by atoms with van der Waals surface area (Å²) in [7, 11) is 0. The number of carboxylic acids is 1. The van der Waals surface area contributed by atoms with Gasteiger partial charge in [0, 0.05) is 12.1 Å². The van der Waals surface area contributed by atoms with Crippen LogP contribution in [0.4, 0.5) is 16.2 Å². The molecule has 0 aromatic heterocycles. The molecule has 0 atom stereocenters. The standard InChI is InChI=1S/C21H25N3O3/c1-2-23(15-20(25)26)19-13-16(14-19)22-21(27)24(17-9-5-3-6-10-17)18-11-7-4-8-12-18/h3-12,16,19H,2,13-15H2,1H3,(H,22,27)(H,25,26). The van der Waals surface area contributed by atoms with Crippen LogP contribution >= 0.6 is 0 Å². The highest BCUT2D eigenvalue weighted by atomic mass is 16.4. The Kier molecular flexibility index (Phi) is 6.08. The van der Waals surface area contributed by atoms with E-state index in [1.54, 1.807) is 4.90 Å². The average molecular weight is 367 g/mol. The maximum absolute atomic E-state index is 13.0. The van der Waals surface area contributed by atoms with Crippen molar-refractivity contribution in [1.82, 2.24) is 10.2 Å². The number of hydrogen-bond acceptors (Lipinski definition) is 3. The third-order valence-corrected chi connectivity index (χ3v) is 4.93. The van der Waals surface area contributed by atoms with Gasteiger partial charge in [0.2, 0.25) is 0 Å². The number of nitrogens with zero attached hydrogens (tertiary/aromatic N) is 2. The summed E-state index contributed by atoms with van der Waals surface area (Å²) in [6.07, 6.45) is 1.54. The summed E-state index contributed by atoms with van der Waals surface area (Å²) in [6, 6.07) is 19.2. The van der Waals surface area contributed by atoms with Gasteiger partial charge in [0.05, 0.1) is 17.9 Å². The Balaban J connectivity index is 1.66. The molecule has 0 heterocycles. The number of likely N-dealkylation sites (N-methyl/N-ethyl adjacent to an activating group) is 1. The predicted molar refractivity (Wildman–Crippen MR) is 105 cm³/mol. The Labute approximate surface area is 159 Å². The van der Waals surface area contributed by atoms with Crippen LogP contribution in [0.3, 0.4) is 0 Å². The lowest BCUT2D eigenvalue weighted by Gasteiger charge is -2.42. The summed E-state index contributed by atoms with van der Waals surface area (Å²) < 4.78 is 0. The Morgan fingerprint density at radius 1 is 1.00 bits per heavy atom. The van der Waals surface area contributed by atoms with Crippen molar-refractivity contribution in [2.75, 3.05) is 18.0 Å². The van der Waals surface area contributed by atoms with Crippen molar-refractivity contribution < 1.29 is 14.7 Å². The van der Waals surface area contributed by atoms with Crippen molar-refractivity contribution in [2.24, 2.45) is 0 Å². The third-order valence-electron chi connectivity index (χ3n) is 4.93. The molecule has 2 amide bonds. The lowest BCUT2D eigenvalue weighted by Crippen LogP contribution is -2.56. The van der Waals surface area contributed by atoms with E-state index in [2.05, 4.69) is 5.32 Å². The van der Waals surface area contributed by atoms with Crippen LogP contribution in [0.2, 0.25) is 0 Å². The summed E-state index contributed by atoms with van der Waals surface area (Å²) in [5, 5.41) is 12.1. The molecule has 1 aliphatic rings. The number of amides is 2. The van der Waals surface area contributed by atoms with E-state index in [-0.39, 0.29) is 24.7 Å². The molecule has 6 nitrogen and oxygen atoms in total. The van der Waals surface area contributed by atoms with E-state index in [0.717, 1.165) is 24.2 Å². The molecule has 142 valence electrons. The minimum absolute atomic E-state index is 0.0436. The highest BCUT2D eigenvalue weighted by molar-refractivity contribution is 5.99. The lowest BCUT2D eigenvalue weighted by atomic mass is 9.85. The Morgan fingerprint density at radius 2 is 1.52 bits per heavy atom. The van der Waals surface area contributed by atoms with Crippen LogP contribution in [-0.2, 0) is 4.79 Å². The van der Waals surface area contributed by atoms with Gasteiger partial charge in [0.1, 0.15) is 0 Å². The van der Waals surface area contributed by atoms with Crippen molar-refractivity contribution in [3.05, 3.63) is 60.7 Å². The molecule has 2 aromatic rings. The smallest absolute Gasteiger partial charge is 0.326 e. The van der Waals surface area contributed by atoms with Gasteiger partial charge in [-0.2, -0.15) is 0 Å². The van der Waals surface area contributed by atoms with E-state index < -0.39 is 5.97 Å². The molecule has 1 saturated carbocycles. The molecule has 1 fully saturated rings. The topological polar surface area (TPSA) is 72.9 Å². The third kappa shape index (κ3) is 4.65. The first-order chi connectivity index (χ1) is 13.1. The highest BCUT2D eigenvalue weighted by Gasteiger charge is 2.35. The van der Waals surface area contributed by atoms with E-state index in [9.17, 15) is 9.59 Å². The molecule has 2 aromatic carbocycles. The zero-order valence-corrected chi connectivity index (χ0v) is 15.4. The minimum Gasteiger partial charge on any atom is -0.480 e. The largest absolute Gasteiger partial charge is 0.480 e. The number of para-hydroxylation sites is 2. The normalized spacial score (nSPS) is 18.6. The van der Waals surface area contributed by atoms with E-state index in [1.165, 1.54) is 0 Å². The fourth-order valence-corrected chi connectivity index (χ4v) is 3.45. The first-order valence-electron chi connectivity index (χ1n) is 9.25. The number of aliphatic carboxylic acids is 1. The Hall–Kier alpha value is -2.86. The van der Waals surface area contributed by atoms with Gasteiger partial charge < -0.3 is 10.4 Å². The van der Waals surface area contributed by atoms with Crippen LogP contribution in [0.15, 0.2) is 60.7 Å². The van der Waals surface area contributed by atoms with Gasteiger partial charge in [0.25, 0.3) is 0 Å². The van der Waals surface area contributed by atoms with Crippen molar-refractivity contribution in [1.29, 1.82) is 0 Å². The van der Waals surface area contributed by atoms with Crippen molar-refractivity contribution in [3.63, 3.8) is 0 Å². The zero-order chi connectivity index (χ0) is 19.2. The molecule has 0 saturated heterocycles. The van der Waals surface area contributed by atoms with E-state index in [4.69, 9.17) is 5.11 Å². The number of rotatable bonds is 7. The molecule has 3 rings (SSSR count). The van der Waals surface area contributed by atoms with Crippen LogP contribution < -0.4 is 10.2 Å². The van der Waals surface area contributed by atoms with Crippen LogP contribution in [0.5, 0.6) is 0 Å². The zero-order valence-electron chi connectivity index (χ0n) is 15.4. The van der Waals surface area contributed by atoms with Gasteiger partial charge in [-0.15, -0.1) is 0 Å². The fourth-order valence-electron chi connectivity index (χ4n) is 3.45. The van der Waals surface area contributed by atoms with Crippen molar-refractivity contribution in [2.45, 2.75) is 31.8 Å². The number of carboxylic acid groups (broad SMARTS) is 1. The number of urea groups is 1. The first-order valence-corrected chi connectivity index (χ1v) is 9.25. The summed E-state index contributed by atoms with van der Waals surface area (Å²) in [5.74, 6) is -0.816. The van der Waals surface area contributed by atoms with Crippen molar-refractivity contribution in [3.8, 4) is 0 Å². The number of hydrogen-bond donors (Lipinski definition) is 2. The summed E-state index contributed by atoms with van der Waals surface area (Å²) in [4.78, 5) is 27.5. The molecule has 27 heavy (non-hydrogen) atoms. The molecular weight excluding hydrogens is 342 g/mol. The highest BCUT2D eigenvalue weighted by Crippen LogP contribution is 2.28. The predicted octanol–water partition coefficient (Wildman–Crippen LogP) is 3.47. The molecule has 0 radical (unpaired) electrons. The maximum Gasteiger partial charge on any atom is 0.326 e. The number of carbonyl (C=O) groups excluding carboxylic acids is 1. The second kappa shape index (κ2) is 8.68. The number of carbonyl (C=O) groups is 2. The van der Waals surface area contributed by atoms with Gasteiger partial charge in [-0.3, -0.25) is 14.6 Å². The number of anilines is 2. The molecule has 0 aliphatic heterocycles. The van der Waals surface area contributed by atoms with Gasteiger partial charge in [-0.25, -0.2) is 4.79 Å². The quantitative estimate of drug-likeness (QED) is 0.786. The molecule has 2 N–H and O–H groups in total. The van der Waals surface area contributed by atoms with Gasteiger partial charge >= 0.3 is 12.0 Å². The van der Waals surface area contributed by atoms with Crippen LogP contribution in [0.25, 0.3) is 0 Å². The van der Waals surface area contributed by atoms with E-state index in [1.807, 2.05) is 72.5 Å². The summed E-state index contributed by atoms with van der Waals surface area (Å²) >= 11 is 0. The number of benzene rings is 2. The average Bonchev–Trinajstić information content (AvgIpc) is 2.64. The molecule has 0 unspecified atom stereocenters. The minimum atomic E-state index is -0.816. The monoisotopic (exact) mass is 367 g/mol. The molecule has 0 spiro atoms. The van der Waals surface area contributed by atoms with E-state index >= 15 is 0 Å². The second-order valence-corrected chi connectivity index (χ2v) is 6.73. The maximum atomic E-state index is 13.0. The molecule has 0 bridgehead atoms. The van der Waals surface area contributed by atoms with Crippen LogP contribution in [0, 0.1) is 0 Å². The van der Waals surface area contributed by atoms with Crippen molar-refractivity contribution >= 4 is 23.4 Å². The Bertz CT molecular complexity index is 721. The molecular formula is C21H25N3O3.